The van der Waals surface area contributed by atoms with Gasteiger partial charge in [-0.3, -0.25) is 15.0 Å². The number of hydrogen-bond acceptors (Lipinski definition) is 6. The highest BCUT2D eigenvalue weighted by molar-refractivity contribution is 6.09. The van der Waals surface area contributed by atoms with Crippen molar-refractivity contribution < 1.29 is 14.4 Å². The van der Waals surface area contributed by atoms with E-state index in [1.165, 1.54) is 34.9 Å². The number of fused-ring (bicyclic) bond motifs is 5. The molecule has 1 aliphatic heterocycles. The van der Waals surface area contributed by atoms with Gasteiger partial charge in [0.1, 0.15) is 5.75 Å². The molecule has 7 heteroatoms. The second-order valence-corrected chi connectivity index (χ2v) is 8.61. The predicted molar refractivity (Wildman–Crippen MR) is 134 cm³/mol. The van der Waals surface area contributed by atoms with E-state index in [1.807, 2.05) is 12.1 Å². The largest absolute Gasteiger partial charge is 0.496 e. The summed E-state index contributed by atoms with van der Waals surface area (Å²) < 4.78 is 10.9. The number of methoxy groups -OCH3 is 2. The number of hydrogen-bond donors (Lipinski definition) is 0. The van der Waals surface area contributed by atoms with Crippen molar-refractivity contribution >= 4 is 27.4 Å². The molecule has 34 heavy (non-hydrogen) atoms. The molecule has 0 saturated heterocycles. The Labute approximate surface area is 198 Å². The van der Waals surface area contributed by atoms with Crippen LogP contribution in [0.1, 0.15) is 24.5 Å². The minimum absolute atomic E-state index is 0.103. The second kappa shape index (κ2) is 8.91. The lowest BCUT2D eigenvalue weighted by Gasteiger charge is -2.31. The van der Waals surface area contributed by atoms with Crippen LogP contribution in [0.15, 0.2) is 48.5 Å². The third kappa shape index (κ3) is 3.62. The van der Waals surface area contributed by atoms with Gasteiger partial charge in [-0.25, -0.2) is 4.98 Å². The Morgan fingerprint density at radius 3 is 2.59 bits per heavy atom. The van der Waals surface area contributed by atoms with Crippen molar-refractivity contribution in [1.29, 1.82) is 0 Å². The van der Waals surface area contributed by atoms with Crippen LogP contribution in [-0.2, 0) is 13.0 Å². The van der Waals surface area contributed by atoms with Crippen molar-refractivity contribution in [3.63, 3.8) is 0 Å². The van der Waals surface area contributed by atoms with Gasteiger partial charge in [-0.05, 0) is 47.4 Å². The zero-order valence-electron chi connectivity index (χ0n) is 19.6. The Morgan fingerprint density at radius 2 is 1.85 bits per heavy atom. The van der Waals surface area contributed by atoms with E-state index in [2.05, 4.69) is 36.1 Å². The Kier molecular flexibility index (Phi) is 5.79. The van der Waals surface area contributed by atoms with Gasteiger partial charge in [-0.1, -0.05) is 37.3 Å². The van der Waals surface area contributed by atoms with Crippen LogP contribution in [0.4, 0.5) is 5.69 Å². The molecular weight excluding hydrogens is 430 g/mol. The molecule has 0 atom stereocenters. The van der Waals surface area contributed by atoms with Crippen LogP contribution in [0.25, 0.3) is 32.9 Å². The number of benzene rings is 3. The molecule has 5 rings (SSSR count). The molecule has 0 spiro atoms. The molecular formula is C27H27N3O4. The fraction of sp³-hybridized carbons (Fsp3) is 0.296. The maximum absolute atomic E-state index is 11.8. The van der Waals surface area contributed by atoms with E-state index < -0.39 is 4.92 Å². The Hall–Kier alpha value is -3.71. The number of pyridine rings is 1. The maximum atomic E-state index is 11.8. The Bertz CT molecular complexity index is 1420. The van der Waals surface area contributed by atoms with Crippen LogP contribution in [0.5, 0.6) is 11.5 Å². The first-order valence-corrected chi connectivity index (χ1v) is 11.5. The summed E-state index contributed by atoms with van der Waals surface area (Å²) >= 11 is 0. The van der Waals surface area contributed by atoms with Gasteiger partial charge in [-0.2, -0.15) is 0 Å². The van der Waals surface area contributed by atoms with E-state index in [-0.39, 0.29) is 11.4 Å². The van der Waals surface area contributed by atoms with Crippen molar-refractivity contribution in [3.8, 4) is 22.8 Å². The van der Waals surface area contributed by atoms with Gasteiger partial charge in [0.05, 0.1) is 30.4 Å². The van der Waals surface area contributed by atoms with Crippen LogP contribution < -0.4 is 9.47 Å². The van der Waals surface area contributed by atoms with Gasteiger partial charge < -0.3 is 9.47 Å². The van der Waals surface area contributed by atoms with Gasteiger partial charge in [0, 0.05) is 36.2 Å². The molecule has 0 aliphatic carbocycles. The zero-order chi connectivity index (χ0) is 23.8. The summed E-state index contributed by atoms with van der Waals surface area (Å²) in [6.07, 6.45) is 1.96. The first-order valence-electron chi connectivity index (χ1n) is 11.5. The van der Waals surface area contributed by atoms with E-state index >= 15 is 0 Å². The highest BCUT2D eigenvalue weighted by atomic mass is 16.6. The Morgan fingerprint density at radius 1 is 1.06 bits per heavy atom. The molecule has 0 saturated carbocycles. The minimum atomic E-state index is -0.424. The number of rotatable bonds is 6. The fourth-order valence-electron chi connectivity index (χ4n) is 5.11. The summed E-state index contributed by atoms with van der Waals surface area (Å²) in [5.41, 5.74) is 4.51. The molecule has 1 aliphatic rings. The summed E-state index contributed by atoms with van der Waals surface area (Å²) in [6, 6.07) is 15.6. The monoisotopic (exact) mass is 457 g/mol. The number of nitro groups is 1. The molecule has 3 aromatic carbocycles. The second-order valence-electron chi connectivity index (χ2n) is 8.61. The van der Waals surface area contributed by atoms with E-state index in [0.29, 0.717) is 11.3 Å². The normalized spacial score (nSPS) is 13.7. The molecule has 0 amide bonds. The smallest absolute Gasteiger partial charge is 0.311 e. The van der Waals surface area contributed by atoms with Crippen molar-refractivity contribution in [2.45, 2.75) is 26.3 Å². The molecule has 0 bridgehead atoms. The van der Waals surface area contributed by atoms with Crippen LogP contribution in [0, 0.1) is 10.1 Å². The lowest BCUT2D eigenvalue weighted by atomic mass is 9.89. The SMILES string of the molecule is CCCN1CCc2c(c(-c3cc([N+](=O)[O-])c(OC)cc3OC)nc3ccc4ccccc4c23)C1. The van der Waals surface area contributed by atoms with Crippen molar-refractivity contribution in [2.75, 3.05) is 27.3 Å². The molecule has 4 aromatic rings. The zero-order valence-corrected chi connectivity index (χ0v) is 19.6. The standard InChI is InChI=1S/C27H27N3O4/c1-4-12-29-13-11-19-21(16-29)27(20-14-23(30(31)32)25(34-3)15-24(20)33-2)28-22-10-9-17-7-5-6-8-18(17)26(19)22/h5-10,14-15H,4,11-13,16H2,1-3H3. The number of ether oxygens (including phenoxy) is 2. The van der Waals surface area contributed by atoms with Crippen LogP contribution >= 0.6 is 0 Å². The van der Waals surface area contributed by atoms with Gasteiger partial charge >= 0.3 is 5.69 Å². The third-order valence-electron chi connectivity index (χ3n) is 6.64. The molecule has 0 N–H and O–H groups in total. The quantitative estimate of drug-likeness (QED) is 0.208. The third-order valence-corrected chi connectivity index (χ3v) is 6.64. The topological polar surface area (TPSA) is 77.7 Å². The highest BCUT2D eigenvalue weighted by Gasteiger charge is 2.28. The van der Waals surface area contributed by atoms with Gasteiger partial charge in [0.2, 0.25) is 5.75 Å². The summed E-state index contributed by atoms with van der Waals surface area (Å²) in [6.45, 7) is 4.89. The summed E-state index contributed by atoms with van der Waals surface area (Å²) in [7, 11) is 2.99. The van der Waals surface area contributed by atoms with E-state index in [0.717, 1.165) is 49.2 Å². The highest BCUT2D eigenvalue weighted by Crippen LogP contribution is 2.44. The van der Waals surface area contributed by atoms with Crippen LogP contribution in [0.2, 0.25) is 0 Å². The average Bonchev–Trinajstić information content (AvgIpc) is 2.87. The average molecular weight is 458 g/mol. The lowest BCUT2D eigenvalue weighted by Crippen LogP contribution is -2.32. The first-order chi connectivity index (χ1) is 16.5. The molecule has 7 nitrogen and oxygen atoms in total. The number of nitrogens with zero attached hydrogens (tertiary/aromatic N) is 3. The summed E-state index contributed by atoms with van der Waals surface area (Å²) in [4.78, 5) is 18.9. The molecule has 1 aromatic heterocycles. The van der Waals surface area contributed by atoms with E-state index in [9.17, 15) is 10.1 Å². The summed E-state index contributed by atoms with van der Waals surface area (Å²) in [5, 5.41) is 15.3. The molecule has 0 radical (unpaired) electrons. The lowest BCUT2D eigenvalue weighted by molar-refractivity contribution is -0.385. The van der Waals surface area contributed by atoms with Gasteiger partial charge in [0.15, 0.2) is 0 Å². The molecule has 174 valence electrons. The van der Waals surface area contributed by atoms with Gasteiger partial charge in [-0.15, -0.1) is 0 Å². The van der Waals surface area contributed by atoms with Crippen LogP contribution in [-0.4, -0.2) is 42.1 Å². The number of aromatic nitrogens is 1. The molecule has 0 fully saturated rings. The maximum Gasteiger partial charge on any atom is 0.311 e. The first kappa shape index (κ1) is 22.1. The van der Waals surface area contributed by atoms with Crippen molar-refractivity contribution in [2.24, 2.45) is 0 Å². The predicted octanol–water partition coefficient (Wildman–Crippen LogP) is 5.75. The number of nitro benzene ring substituents is 1. The van der Waals surface area contributed by atoms with Crippen molar-refractivity contribution in [3.05, 3.63) is 69.8 Å². The fourth-order valence-corrected chi connectivity index (χ4v) is 5.11. The molecule has 2 heterocycles. The van der Waals surface area contributed by atoms with E-state index in [4.69, 9.17) is 14.5 Å². The van der Waals surface area contributed by atoms with Crippen molar-refractivity contribution in [1.82, 2.24) is 9.88 Å². The van der Waals surface area contributed by atoms with Crippen LogP contribution in [0.3, 0.4) is 0 Å². The minimum Gasteiger partial charge on any atom is -0.496 e. The summed E-state index contributed by atoms with van der Waals surface area (Å²) in [5.74, 6) is 0.670. The van der Waals surface area contributed by atoms with E-state index in [1.54, 1.807) is 13.2 Å². The Balaban J connectivity index is 1.85. The molecule has 0 unspecified atom stereocenters. The van der Waals surface area contributed by atoms with Gasteiger partial charge in [0.25, 0.3) is 0 Å².